The third-order valence-corrected chi connectivity index (χ3v) is 3.13. The molecule has 1 amide bonds. The van der Waals surface area contributed by atoms with E-state index in [0.29, 0.717) is 12.0 Å². The van der Waals surface area contributed by atoms with Gasteiger partial charge in [-0.2, -0.15) is 10.2 Å². The molecule has 2 N–H and O–H groups in total. The average molecular weight is 298 g/mol. The fourth-order valence-electron chi connectivity index (χ4n) is 1.95. The third kappa shape index (κ3) is 3.82. The number of carbonyl (C=O) groups excluding carboxylic acids is 1. The van der Waals surface area contributed by atoms with Gasteiger partial charge in [-0.1, -0.05) is 18.2 Å². The molecule has 0 aliphatic rings. The van der Waals surface area contributed by atoms with Crippen molar-refractivity contribution in [2.45, 2.75) is 19.9 Å². The molecule has 0 bridgehead atoms. The molecule has 0 saturated heterocycles. The second-order valence-electron chi connectivity index (χ2n) is 4.77. The number of rotatable bonds is 6. The molecular weight excluding hydrogens is 280 g/mol. The van der Waals surface area contributed by atoms with Gasteiger partial charge in [0.05, 0.1) is 6.21 Å². The number of aryl methyl sites for hydroxylation is 1. The predicted octanol–water partition coefficient (Wildman–Crippen LogP) is 1.78. The first-order chi connectivity index (χ1) is 10.6. The first-order valence-electron chi connectivity index (χ1n) is 6.84. The molecule has 0 unspecified atom stereocenters. The molecule has 6 heteroatoms. The minimum atomic E-state index is -0.287. The SMILES string of the molecule is C=CCc1cccc(C=NNC(=O)Cn2nccc2C)c1O. The summed E-state index contributed by atoms with van der Waals surface area (Å²) in [6.07, 6.45) is 5.33. The van der Waals surface area contributed by atoms with E-state index < -0.39 is 0 Å². The highest BCUT2D eigenvalue weighted by molar-refractivity contribution is 5.85. The Morgan fingerprint density at radius 2 is 2.32 bits per heavy atom. The van der Waals surface area contributed by atoms with Gasteiger partial charge in [0.2, 0.25) is 0 Å². The summed E-state index contributed by atoms with van der Waals surface area (Å²) in [5, 5.41) is 17.9. The maximum Gasteiger partial charge on any atom is 0.261 e. The zero-order valence-electron chi connectivity index (χ0n) is 12.4. The topological polar surface area (TPSA) is 79.5 Å². The molecule has 0 atom stereocenters. The maximum atomic E-state index is 11.7. The van der Waals surface area contributed by atoms with Crippen LogP contribution in [0.5, 0.6) is 5.75 Å². The Morgan fingerprint density at radius 1 is 1.50 bits per heavy atom. The Hall–Kier alpha value is -2.89. The number of phenolic OH excluding ortho intramolecular Hbond substituents is 1. The fraction of sp³-hybridized carbons (Fsp3) is 0.188. The first kappa shape index (κ1) is 15.5. The number of hydrogen-bond acceptors (Lipinski definition) is 4. The normalized spacial score (nSPS) is 10.8. The number of aromatic nitrogens is 2. The smallest absolute Gasteiger partial charge is 0.261 e. The van der Waals surface area contributed by atoms with Crippen LogP contribution < -0.4 is 5.43 Å². The van der Waals surface area contributed by atoms with E-state index in [2.05, 4.69) is 22.2 Å². The van der Waals surface area contributed by atoms with Crippen molar-refractivity contribution in [3.8, 4) is 5.75 Å². The van der Waals surface area contributed by atoms with Crippen LogP contribution >= 0.6 is 0 Å². The summed E-state index contributed by atoms with van der Waals surface area (Å²) in [6.45, 7) is 5.61. The number of hydrogen-bond donors (Lipinski definition) is 2. The maximum absolute atomic E-state index is 11.7. The van der Waals surface area contributed by atoms with E-state index in [1.54, 1.807) is 23.0 Å². The van der Waals surface area contributed by atoms with Gasteiger partial charge in [0.1, 0.15) is 12.3 Å². The average Bonchev–Trinajstić information content (AvgIpc) is 2.88. The molecular formula is C16H18N4O2. The Labute approximate surface area is 128 Å². The van der Waals surface area contributed by atoms with Gasteiger partial charge in [-0.05, 0) is 31.0 Å². The van der Waals surface area contributed by atoms with Crippen LogP contribution in [0.3, 0.4) is 0 Å². The summed E-state index contributed by atoms with van der Waals surface area (Å²) in [7, 11) is 0. The van der Waals surface area contributed by atoms with E-state index >= 15 is 0 Å². The molecule has 22 heavy (non-hydrogen) atoms. The van der Waals surface area contributed by atoms with Crippen LogP contribution in [0.15, 0.2) is 48.2 Å². The number of carbonyl (C=O) groups is 1. The Kier molecular flexibility index (Phi) is 5.08. The molecule has 0 aliphatic heterocycles. The lowest BCUT2D eigenvalue weighted by Crippen LogP contribution is -2.24. The number of amides is 1. The number of nitrogens with one attached hydrogen (secondary N) is 1. The highest BCUT2D eigenvalue weighted by Gasteiger charge is 2.05. The van der Waals surface area contributed by atoms with Crippen LogP contribution in [0.2, 0.25) is 0 Å². The number of benzene rings is 1. The molecule has 0 fully saturated rings. The molecule has 2 rings (SSSR count). The fourth-order valence-corrected chi connectivity index (χ4v) is 1.95. The van der Waals surface area contributed by atoms with Crippen LogP contribution in [-0.2, 0) is 17.8 Å². The molecule has 1 aromatic carbocycles. The summed E-state index contributed by atoms with van der Waals surface area (Å²) >= 11 is 0. The van der Waals surface area contributed by atoms with Gasteiger partial charge >= 0.3 is 0 Å². The van der Waals surface area contributed by atoms with Crippen molar-refractivity contribution < 1.29 is 9.90 Å². The molecule has 6 nitrogen and oxygen atoms in total. The summed E-state index contributed by atoms with van der Waals surface area (Å²) in [4.78, 5) is 11.7. The molecule has 1 aromatic heterocycles. The van der Waals surface area contributed by atoms with Gasteiger partial charge in [0, 0.05) is 17.5 Å². The Morgan fingerprint density at radius 3 is 3.00 bits per heavy atom. The highest BCUT2D eigenvalue weighted by Crippen LogP contribution is 2.21. The summed E-state index contributed by atoms with van der Waals surface area (Å²) < 4.78 is 1.58. The van der Waals surface area contributed by atoms with Crippen molar-refractivity contribution in [3.63, 3.8) is 0 Å². The lowest BCUT2D eigenvalue weighted by molar-refractivity contribution is -0.121. The van der Waals surface area contributed by atoms with Crippen molar-refractivity contribution in [2.24, 2.45) is 5.10 Å². The number of allylic oxidation sites excluding steroid dienone is 1. The number of nitrogens with zero attached hydrogens (tertiary/aromatic N) is 3. The summed E-state index contributed by atoms with van der Waals surface area (Å²) in [5.41, 5.74) is 4.61. The lowest BCUT2D eigenvalue weighted by Gasteiger charge is -2.05. The molecule has 2 aromatic rings. The standard InChI is InChI=1S/C16H18N4O2/c1-3-5-13-6-4-7-14(16(13)22)10-17-19-15(21)11-20-12(2)8-9-18-20/h3-4,6-10,22H,1,5,11H2,2H3,(H,19,21). The Bertz CT molecular complexity index is 704. The number of phenols is 1. The van der Waals surface area contributed by atoms with E-state index in [9.17, 15) is 9.90 Å². The number of para-hydroxylation sites is 1. The highest BCUT2D eigenvalue weighted by atomic mass is 16.3. The van der Waals surface area contributed by atoms with E-state index in [1.165, 1.54) is 6.21 Å². The van der Waals surface area contributed by atoms with E-state index in [-0.39, 0.29) is 18.2 Å². The van der Waals surface area contributed by atoms with Gasteiger partial charge in [0.25, 0.3) is 5.91 Å². The molecule has 1 heterocycles. The first-order valence-corrected chi connectivity index (χ1v) is 6.84. The van der Waals surface area contributed by atoms with Gasteiger partial charge in [0.15, 0.2) is 0 Å². The van der Waals surface area contributed by atoms with Crippen LogP contribution in [0.4, 0.5) is 0 Å². The van der Waals surface area contributed by atoms with Gasteiger partial charge in [-0.3, -0.25) is 9.48 Å². The zero-order valence-corrected chi connectivity index (χ0v) is 12.4. The van der Waals surface area contributed by atoms with E-state index in [0.717, 1.165) is 11.3 Å². The van der Waals surface area contributed by atoms with Crippen LogP contribution in [0.25, 0.3) is 0 Å². The van der Waals surface area contributed by atoms with Gasteiger partial charge in [-0.15, -0.1) is 6.58 Å². The van der Waals surface area contributed by atoms with Crippen molar-refractivity contribution in [1.82, 2.24) is 15.2 Å². The minimum Gasteiger partial charge on any atom is -0.507 e. The molecule has 0 radical (unpaired) electrons. The number of aromatic hydroxyl groups is 1. The van der Waals surface area contributed by atoms with Gasteiger partial charge < -0.3 is 5.11 Å². The van der Waals surface area contributed by atoms with Crippen molar-refractivity contribution in [3.05, 3.63) is 59.9 Å². The second kappa shape index (κ2) is 7.21. The van der Waals surface area contributed by atoms with E-state index in [1.807, 2.05) is 25.1 Å². The monoisotopic (exact) mass is 298 g/mol. The second-order valence-corrected chi connectivity index (χ2v) is 4.77. The summed E-state index contributed by atoms with van der Waals surface area (Å²) in [6, 6.07) is 7.16. The van der Waals surface area contributed by atoms with Crippen molar-refractivity contribution >= 4 is 12.1 Å². The molecule has 0 saturated carbocycles. The van der Waals surface area contributed by atoms with Crippen molar-refractivity contribution in [1.29, 1.82) is 0 Å². The van der Waals surface area contributed by atoms with Gasteiger partial charge in [-0.25, -0.2) is 5.43 Å². The lowest BCUT2D eigenvalue weighted by atomic mass is 10.1. The van der Waals surface area contributed by atoms with Crippen LogP contribution in [-0.4, -0.2) is 27.0 Å². The minimum absolute atomic E-state index is 0.0959. The molecule has 0 spiro atoms. The molecule has 114 valence electrons. The van der Waals surface area contributed by atoms with Crippen LogP contribution in [0.1, 0.15) is 16.8 Å². The molecule has 0 aliphatic carbocycles. The van der Waals surface area contributed by atoms with E-state index in [4.69, 9.17) is 0 Å². The third-order valence-electron chi connectivity index (χ3n) is 3.13. The largest absolute Gasteiger partial charge is 0.507 e. The van der Waals surface area contributed by atoms with Crippen LogP contribution in [0, 0.1) is 6.92 Å². The summed E-state index contributed by atoms with van der Waals surface area (Å²) in [5.74, 6) is -0.145. The van der Waals surface area contributed by atoms with Crippen molar-refractivity contribution in [2.75, 3.05) is 0 Å². The zero-order chi connectivity index (χ0) is 15.9. The predicted molar refractivity (Wildman–Crippen MR) is 84.7 cm³/mol. The number of hydrazone groups is 1. The Balaban J connectivity index is 1.98. The quantitative estimate of drug-likeness (QED) is 0.484.